The number of amides is 2. The summed E-state index contributed by atoms with van der Waals surface area (Å²) in [4.78, 5) is 24.1. The molecule has 0 aromatic heterocycles. The number of carbonyl (C=O) groups excluding carboxylic acids is 2. The molecular formula is C19H22N2O2. The van der Waals surface area contributed by atoms with E-state index in [0.717, 1.165) is 16.8 Å². The fraction of sp³-hybridized carbons (Fsp3) is 0.263. The minimum absolute atomic E-state index is 0.0723. The van der Waals surface area contributed by atoms with Crippen LogP contribution in [-0.2, 0) is 4.79 Å². The average Bonchev–Trinajstić information content (AvgIpc) is 2.46. The second-order valence-corrected chi connectivity index (χ2v) is 6.06. The maximum absolute atomic E-state index is 12.4. The van der Waals surface area contributed by atoms with Gasteiger partial charge in [0.05, 0.1) is 0 Å². The van der Waals surface area contributed by atoms with Crippen LogP contribution in [-0.4, -0.2) is 11.8 Å². The van der Waals surface area contributed by atoms with Crippen molar-refractivity contribution in [3.05, 3.63) is 59.2 Å². The molecule has 2 aromatic carbocycles. The lowest BCUT2D eigenvalue weighted by atomic mass is 10.1. The highest BCUT2D eigenvalue weighted by Crippen LogP contribution is 2.17. The molecule has 2 aromatic rings. The van der Waals surface area contributed by atoms with Gasteiger partial charge in [-0.05, 0) is 55.3 Å². The molecule has 0 atom stereocenters. The molecule has 4 heteroatoms. The molecule has 0 aliphatic heterocycles. The quantitative estimate of drug-likeness (QED) is 0.891. The van der Waals surface area contributed by atoms with E-state index >= 15 is 0 Å². The van der Waals surface area contributed by atoms with E-state index in [9.17, 15) is 9.59 Å². The number of nitrogens with one attached hydrogen (secondary N) is 2. The lowest BCUT2D eigenvalue weighted by Crippen LogP contribution is -2.18. The van der Waals surface area contributed by atoms with Gasteiger partial charge in [-0.2, -0.15) is 0 Å². The highest BCUT2D eigenvalue weighted by Gasteiger charge is 2.10. The van der Waals surface area contributed by atoms with Crippen LogP contribution in [0.15, 0.2) is 42.5 Å². The van der Waals surface area contributed by atoms with E-state index in [2.05, 4.69) is 16.7 Å². The molecule has 0 bridgehead atoms. The third-order valence-corrected chi connectivity index (χ3v) is 3.40. The Morgan fingerprint density at radius 3 is 2.13 bits per heavy atom. The Kier molecular flexibility index (Phi) is 5.16. The van der Waals surface area contributed by atoms with Crippen molar-refractivity contribution in [2.45, 2.75) is 27.7 Å². The van der Waals surface area contributed by atoms with Crippen LogP contribution in [0, 0.1) is 19.8 Å². The molecule has 120 valence electrons. The minimum atomic E-state index is -0.198. The summed E-state index contributed by atoms with van der Waals surface area (Å²) >= 11 is 0. The van der Waals surface area contributed by atoms with E-state index in [0.29, 0.717) is 11.3 Å². The Bertz CT molecular complexity index is 716. The van der Waals surface area contributed by atoms with Gasteiger partial charge in [-0.1, -0.05) is 26.0 Å². The highest BCUT2D eigenvalue weighted by atomic mass is 16.2. The molecule has 0 unspecified atom stereocenters. The monoisotopic (exact) mass is 310 g/mol. The summed E-state index contributed by atoms with van der Waals surface area (Å²) in [5.74, 6) is -0.379. The number of benzene rings is 2. The summed E-state index contributed by atoms with van der Waals surface area (Å²) in [6, 6.07) is 12.8. The van der Waals surface area contributed by atoms with Crippen molar-refractivity contribution in [3.8, 4) is 0 Å². The molecule has 2 rings (SSSR count). The first kappa shape index (κ1) is 16.7. The van der Waals surface area contributed by atoms with Crippen molar-refractivity contribution in [1.29, 1.82) is 0 Å². The molecule has 0 heterocycles. The van der Waals surface area contributed by atoms with Gasteiger partial charge in [0.1, 0.15) is 0 Å². The zero-order valence-corrected chi connectivity index (χ0v) is 13.9. The molecular weight excluding hydrogens is 288 g/mol. The maximum atomic E-state index is 12.4. The number of anilines is 2. The van der Waals surface area contributed by atoms with Crippen molar-refractivity contribution in [3.63, 3.8) is 0 Å². The predicted octanol–water partition coefficient (Wildman–Crippen LogP) is 4.15. The van der Waals surface area contributed by atoms with E-state index in [1.54, 1.807) is 24.3 Å². The molecule has 0 saturated carbocycles. The second kappa shape index (κ2) is 7.09. The Morgan fingerprint density at radius 1 is 0.870 bits per heavy atom. The van der Waals surface area contributed by atoms with Crippen LogP contribution in [0.2, 0.25) is 0 Å². The molecule has 0 spiro atoms. The van der Waals surface area contributed by atoms with Crippen LogP contribution >= 0.6 is 0 Å². The molecule has 0 radical (unpaired) electrons. The van der Waals surface area contributed by atoms with Gasteiger partial charge >= 0.3 is 0 Å². The number of aryl methyl sites for hydroxylation is 2. The topological polar surface area (TPSA) is 58.2 Å². The third-order valence-electron chi connectivity index (χ3n) is 3.40. The van der Waals surface area contributed by atoms with E-state index in [4.69, 9.17) is 0 Å². The van der Waals surface area contributed by atoms with E-state index in [1.165, 1.54) is 0 Å². The Balaban J connectivity index is 2.14. The first-order valence-corrected chi connectivity index (χ1v) is 7.66. The Labute approximate surface area is 136 Å². The smallest absolute Gasteiger partial charge is 0.255 e. The lowest BCUT2D eigenvalue weighted by molar-refractivity contribution is -0.118. The van der Waals surface area contributed by atoms with Gasteiger partial charge in [-0.3, -0.25) is 9.59 Å². The highest BCUT2D eigenvalue weighted by molar-refractivity contribution is 6.05. The van der Waals surface area contributed by atoms with Gasteiger partial charge in [-0.25, -0.2) is 0 Å². The maximum Gasteiger partial charge on any atom is 0.255 e. The minimum Gasteiger partial charge on any atom is -0.326 e. The normalized spacial score (nSPS) is 10.5. The molecule has 2 N–H and O–H groups in total. The van der Waals surface area contributed by atoms with Crippen molar-refractivity contribution in [1.82, 2.24) is 0 Å². The van der Waals surface area contributed by atoms with E-state index < -0.39 is 0 Å². The number of hydrogen-bond donors (Lipinski definition) is 2. The predicted molar refractivity (Wildman–Crippen MR) is 93.8 cm³/mol. The van der Waals surface area contributed by atoms with E-state index in [-0.39, 0.29) is 17.7 Å². The SMILES string of the molecule is Cc1cc(C)cc(NC(=O)c2cccc(NC(=O)C(C)C)c2)c1. The summed E-state index contributed by atoms with van der Waals surface area (Å²) in [5, 5.41) is 5.69. The first-order valence-electron chi connectivity index (χ1n) is 7.66. The van der Waals surface area contributed by atoms with Crippen molar-refractivity contribution in [2.75, 3.05) is 10.6 Å². The summed E-state index contributed by atoms with van der Waals surface area (Å²) in [7, 11) is 0. The summed E-state index contributed by atoms with van der Waals surface area (Å²) in [6.45, 7) is 7.63. The van der Waals surface area contributed by atoms with Gasteiger partial charge in [0, 0.05) is 22.9 Å². The van der Waals surface area contributed by atoms with Gasteiger partial charge in [0.25, 0.3) is 5.91 Å². The molecule has 0 fully saturated rings. The number of hydrogen-bond acceptors (Lipinski definition) is 2. The summed E-state index contributed by atoms with van der Waals surface area (Å²) in [6.07, 6.45) is 0. The molecule has 0 aliphatic rings. The summed E-state index contributed by atoms with van der Waals surface area (Å²) in [5.41, 5.74) is 4.09. The number of rotatable bonds is 4. The van der Waals surface area contributed by atoms with Gasteiger partial charge in [0.2, 0.25) is 5.91 Å². The van der Waals surface area contributed by atoms with Crippen LogP contribution in [0.3, 0.4) is 0 Å². The van der Waals surface area contributed by atoms with Crippen molar-refractivity contribution >= 4 is 23.2 Å². The molecule has 0 aliphatic carbocycles. The molecule has 23 heavy (non-hydrogen) atoms. The second-order valence-electron chi connectivity index (χ2n) is 6.06. The average molecular weight is 310 g/mol. The van der Waals surface area contributed by atoms with Crippen LogP contribution in [0.25, 0.3) is 0 Å². The zero-order valence-electron chi connectivity index (χ0n) is 13.9. The fourth-order valence-electron chi connectivity index (χ4n) is 2.27. The van der Waals surface area contributed by atoms with Crippen molar-refractivity contribution in [2.24, 2.45) is 5.92 Å². The van der Waals surface area contributed by atoms with Crippen LogP contribution in [0.4, 0.5) is 11.4 Å². The largest absolute Gasteiger partial charge is 0.326 e. The molecule has 4 nitrogen and oxygen atoms in total. The Morgan fingerprint density at radius 2 is 1.52 bits per heavy atom. The molecule has 0 saturated heterocycles. The number of carbonyl (C=O) groups is 2. The summed E-state index contributed by atoms with van der Waals surface area (Å²) < 4.78 is 0. The first-order chi connectivity index (χ1) is 10.8. The Hall–Kier alpha value is -2.62. The van der Waals surface area contributed by atoms with Crippen LogP contribution < -0.4 is 10.6 Å². The van der Waals surface area contributed by atoms with E-state index in [1.807, 2.05) is 39.8 Å². The third kappa shape index (κ3) is 4.68. The lowest BCUT2D eigenvalue weighted by Gasteiger charge is -2.10. The van der Waals surface area contributed by atoms with Crippen molar-refractivity contribution < 1.29 is 9.59 Å². The van der Waals surface area contributed by atoms with Crippen LogP contribution in [0.5, 0.6) is 0 Å². The zero-order chi connectivity index (χ0) is 17.0. The molecule has 2 amide bonds. The fourth-order valence-corrected chi connectivity index (χ4v) is 2.27. The van der Waals surface area contributed by atoms with Crippen LogP contribution in [0.1, 0.15) is 35.3 Å². The standard InChI is InChI=1S/C19H22N2O2/c1-12(2)18(22)20-16-7-5-6-15(11-16)19(23)21-17-9-13(3)8-14(4)10-17/h5-12H,1-4H3,(H,20,22)(H,21,23). The van der Waals surface area contributed by atoms with Gasteiger partial charge < -0.3 is 10.6 Å². The van der Waals surface area contributed by atoms with Gasteiger partial charge in [0.15, 0.2) is 0 Å². The van der Waals surface area contributed by atoms with Gasteiger partial charge in [-0.15, -0.1) is 0 Å².